The highest BCUT2D eigenvalue weighted by molar-refractivity contribution is 7.80. The van der Waals surface area contributed by atoms with Crippen LogP contribution in [0, 0.1) is 0 Å². The van der Waals surface area contributed by atoms with Crippen LogP contribution in [-0.4, -0.2) is 17.9 Å². The molecule has 0 aliphatic carbocycles. The molecule has 0 fully saturated rings. The Bertz CT molecular complexity index is 494. The highest BCUT2D eigenvalue weighted by atomic mass is 32.1. The Hall–Kier alpha value is -1.49. The minimum absolute atomic E-state index is 0.307. The van der Waals surface area contributed by atoms with Crippen molar-refractivity contribution < 1.29 is 9.47 Å². The smallest absolute Gasteiger partial charge is 0.231 e. The minimum Gasteiger partial charge on any atom is -0.454 e. The summed E-state index contributed by atoms with van der Waals surface area (Å²) in [4.78, 5) is 0. The number of thiocarbonyl (C=S) groups is 1. The fourth-order valence-electron chi connectivity index (χ4n) is 2.46. The third-order valence-corrected chi connectivity index (χ3v) is 4.02. The summed E-state index contributed by atoms with van der Waals surface area (Å²) in [5.41, 5.74) is 1.13. The predicted molar refractivity (Wildman–Crippen MR) is 93.4 cm³/mol. The lowest BCUT2D eigenvalue weighted by Gasteiger charge is -2.17. The molecule has 0 amide bonds. The Balaban J connectivity index is 1.67. The van der Waals surface area contributed by atoms with Crippen LogP contribution in [0.5, 0.6) is 11.5 Å². The van der Waals surface area contributed by atoms with E-state index in [2.05, 4.69) is 24.5 Å². The molecular weight excluding hydrogens is 296 g/mol. The van der Waals surface area contributed by atoms with Crippen molar-refractivity contribution in [1.29, 1.82) is 0 Å². The van der Waals surface area contributed by atoms with Crippen LogP contribution in [0.4, 0.5) is 0 Å². The molecule has 2 rings (SSSR count). The van der Waals surface area contributed by atoms with E-state index in [-0.39, 0.29) is 0 Å². The summed E-state index contributed by atoms with van der Waals surface area (Å²) < 4.78 is 10.7. The Kier molecular flexibility index (Phi) is 6.77. The molecule has 0 radical (unpaired) electrons. The summed E-state index contributed by atoms with van der Waals surface area (Å²) in [5.74, 6) is 1.62. The van der Waals surface area contributed by atoms with Gasteiger partial charge in [-0.3, -0.25) is 0 Å². The maximum atomic E-state index is 5.38. The summed E-state index contributed by atoms with van der Waals surface area (Å²) in [6.45, 7) is 5.41. The lowest BCUT2D eigenvalue weighted by molar-refractivity contribution is 0.174. The Labute approximate surface area is 138 Å². The number of nitrogens with one attached hydrogen (secondary N) is 2. The molecule has 0 bridgehead atoms. The highest BCUT2D eigenvalue weighted by Gasteiger charge is 2.13. The first-order valence-corrected chi connectivity index (χ1v) is 8.52. The van der Waals surface area contributed by atoms with E-state index in [0.29, 0.717) is 24.5 Å². The van der Waals surface area contributed by atoms with Crippen LogP contribution >= 0.6 is 12.2 Å². The van der Waals surface area contributed by atoms with Gasteiger partial charge in [-0.1, -0.05) is 38.7 Å². The van der Waals surface area contributed by atoms with Gasteiger partial charge in [0.05, 0.1) is 0 Å². The van der Waals surface area contributed by atoms with Crippen LogP contribution in [0.1, 0.15) is 51.5 Å². The molecule has 0 saturated heterocycles. The molecule has 2 N–H and O–H groups in total. The van der Waals surface area contributed by atoms with Crippen molar-refractivity contribution in [3.8, 4) is 11.5 Å². The van der Waals surface area contributed by atoms with E-state index in [1.165, 1.54) is 25.7 Å². The van der Waals surface area contributed by atoms with E-state index in [1.807, 2.05) is 18.2 Å². The zero-order valence-electron chi connectivity index (χ0n) is 13.5. The average molecular weight is 322 g/mol. The third-order valence-electron chi connectivity index (χ3n) is 3.76. The number of benzene rings is 1. The van der Waals surface area contributed by atoms with E-state index in [1.54, 1.807) is 0 Å². The van der Waals surface area contributed by atoms with Crippen LogP contribution in [0.3, 0.4) is 0 Å². The number of rotatable bonds is 8. The molecule has 22 heavy (non-hydrogen) atoms. The van der Waals surface area contributed by atoms with Crippen LogP contribution in [0.2, 0.25) is 0 Å². The second-order valence-corrected chi connectivity index (χ2v) is 6.17. The van der Waals surface area contributed by atoms with Gasteiger partial charge in [-0.05, 0) is 43.3 Å². The Morgan fingerprint density at radius 1 is 1.23 bits per heavy atom. The van der Waals surface area contributed by atoms with Gasteiger partial charge in [-0.2, -0.15) is 0 Å². The lowest BCUT2D eigenvalue weighted by atomic mass is 10.1. The van der Waals surface area contributed by atoms with E-state index in [9.17, 15) is 0 Å². The number of hydrogen-bond donors (Lipinski definition) is 2. The molecule has 1 aromatic carbocycles. The van der Waals surface area contributed by atoms with Crippen molar-refractivity contribution in [2.45, 2.75) is 58.5 Å². The number of ether oxygens (including phenoxy) is 2. The van der Waals surface area contributed by atoms with Crippen LogP contribution in [0.25, 0.3) is 0 Å². The quantitative estimate of drug-likeness (QED) is 0.564. The van der Waals surface area contributed by atoms with Gasteiger partial charge < -0.3 is 20.1 Å². The van der Waals surface area contributed by atoms with Crippen LogP contribution in [0.15, 0.2) is 18.2 Å². The van der Waals surface area contributed by atoms with Gasteiger partial charge in [0, 0.05) is 12.6 Å². The molecule has 1 heterocycles. The molecule has 1 aromatic rings. The maximum absolute atomic E-state index is 5.38. The topological polar surface area (TPSA) is 42.5 Å². The van der Waals surface area contributed by atoms with Crippen LogP contribution < -0.4 is 20.1 Å². The predicted octanol–water partition coefficient (Wildman–Crippen LogP) is 3.74. The van der Waals surface area contributed by atoms with E-state index < -0.39 is 0 Å². The van der Waals surface area contributed by atoms with Gasteiger partial charge in [-0.15, -0.1) is 0 Å². The van der Waals surface area contributed by atoms with E-state index in [4.69, 9.17) is 21.7 Å². The third kappa shape index (κ3) is 5.37. The van der Waals surface area contributed by atoms with Crippen molar-refractivity contribution in [1.82, 2.24) is 10.6 Å². The molecule has 1 atom stereocenters. The maximum Gasteiger partial charge on any atom is 0.231 e. The van der Waals surface area contributed by atoms with Gasteiger partial charge in [-0.25, -0.2) is 0 Å². The standard InChI is InChI=1S/C17H26N2O2S/c1-3-4-5-6-7-13(2)19-17(22)18-11-14-8-9-15-16(10-14)21-12-20-15/h8-10,13H,3-7,11-12H2,1-2H3,(H2,18,19,22)/t13-/m0/s1. The summed E-state index contributed by atoms with van der Waals surface area (Å²) in [7, 11) is 0. The van der Waals surface area contributed by atoms with E-state index in [0.717, 1.165) is 23.5 Å². The first-order chi connectivity index (χ1) is 10.7. The van der Waals surface area contributed by atoms with Gasteiger partial charge in [0.2, 0.25) is 6.79 Å². The number of hydrogen-bond acceptors (Lipinski definition) is 3. The van der Waals surface area contributed by atoms with Crippen molar-refractivity contribution in [3.63, 3.8) is 0 Å². The first kappa shape index (κ1) is 16.9. The fraction of sp³-hybridized carbons (Fsp3) is 0.588. The van der Waals surface area contributed by atoms with E-state index >= 15 is 0 Å². The molecule has 122 valence electrons. The summed E-state index contributed by atoms with van der Waals surface area (Å²) >= 11 is 5.35. The summed E-state index contributed by atoms with van der Waals surface area (Å²) in [6.07, 6.45) is 6.31. The minimum atomic E-state index is 0.307. The van der Waals surface area contributed by atoms with Crippen molar-refractivity contribution in [2.75, 3.05) is 6.79 Å². The highest BCUT2D eigenvalue weighted by Crippen LogP contribution is 2.32. The SMILES string of the molecule is CCCCCC[C@H](C)NC(=S)NCc1ccc2c(c1)OCO2. The zero-order chi connectivity index (χ0) is 15.8. The number of unbranched alkanes of at least 4 members (excludes halogenated alkanes) is 3. The molecule has 1 aliphatic heterocycles. The summed E-state index contributed by atoms with van der Waals surface area (Å²) in [5, 5.41) is 7.30. The van der Waals surface area contributed by atoms with Gasteiger partial charge in [0.25, 0.3) is 0 Å². The summed E-state index contributed by atoms with van der Waals surface area (Å²) in [6, 6.07) is 6.36. The molecule has 0 aromatic heterocycles. The second kappa shape index (κ2) is 8.83. The molecule has 0 unspecified atom stereocenters. The molecule has 4 nitrogen and oxygen atoms in total. The second-order valence-electron chi connectivity index (χ2n) is 5.77. The van der Waals surface area contributed by atoms with Crippen molar-refractivity contribution in [3.05, 3.63) is 23.8 Å². The normalized spacial score (nSPS) is 13.7. The van der Waals surface area contributed by atoms with Crippen molar-refractivity contribution >= 4 is 17.3 Å². The first-order valence-electron chi connectivity index (χ1n) is 8.12. The van der Waals surface area contributed by atoms with Crippen LogP contribution in [-0.2, 0) is 6.54 Å². The lowest BCUT2D eigenvalue weighted by Crippen LogP contribution is -2.40. The molecule has 1 aliphatic rings. The Morgan fingerprint density at radius 3 is 2.86 bits per heavy atom. The largest absolute Gasteiger partial charge is 0.454 e. The fourth-order valence-corrected chi connectivity index (χ4v) is 2.73. The molecule has 0 spiro atoms. The van der Waals surface area contributed by atoms with Gasteiger partial charge in [0.1, 0.15) is 0 Å². The molecule has 0 saturated carbocycles. The average Bonchev–Trinajstić information content (AvgIpc) is 2.97. The number of fused-ring (bicyclic) bond motifs is 1. The monoisotopic (exact) mass is 322 g/mol. The Morgan fingerprint density at radius 2 is 2.05 bits per heavy atom. The van der Waals surface area contributed by atoms with Gasteiger partial charge in [0.15, 0.2) is 16.6 Å². The zero-order valence-corrected chi connectivity index (χ0v) is 14.3. The van der Waals surface area contributed by atoms with Crippen molar-refractivity contribution in [2.24, 2.45) is 0 Å². The molecular formula is C17H26N2O2S. The van der Waals surface area contributed by atoms with Gasteiger partial charge >= 0.3 is 0 Å². The molecule has 5 heteroatoms.